The van der Waals surface area contributed by atoms with Gasteiger partial charge in [0.15, 0.2) is 0 Å². The molecule has 0 saturated heterocycles. The third-order valence-corrected chi connectivity index (χ3v) is 4.34. The van der Waals surface area contributed by atoms with Gasteiger partial charge in [-0.05, 0) is 37.7 Å². The first kappa shape index (κ1) is 15.8. The molecule has 0 spiro atoms. The van der Waals surface area contributed by atoms with Crippen molar-refractivity contribution >= 4 is 11.6 Å². The van der Waals surface area contributed by atoms with Crippen molar-refractivity contribution in [2.45, 2.75) is 52.9 Å². The van der Waals surface area contributed by atoms with Crippen molar-refractivity contribution in [3.63, 3.8) is 0 Å². The molecular weight excluding hydrogens is 262 g/mol. The molecule has 2 N–H and O–H groups in total. The van der Waals surface area contributed by atoms with Crippen LogP contribution in [0.2, 0.25) is 0 Å². The molecule has 0 aliphatic heterocycles. The molecule has 21 heavy (non-hydrogen) atoms. The Labute approximate surface area is 127 Å². The number of rotatable bonds is 6. The van der Waals surface area contributed by atoms with Gasteiger partial charge in [0, 0.05) is 25.0 Å². The second-order valence-electron chi connectivity index (χ2n) is 6.50. The van der Waals surface area contributed by atoms with E-state index in [1.165, 1.54) is 25.7 Å². The fourth-order valence-electron chi connectivity index (χ4n) is 2.94. The van der Waals surface area contributed by atoms with Crippen LogP contribution in [-0.4, -0.2) is 24.0 Å². The Hall–Kier alpha value is -1.58. The second kappa shape index (κ2) is 6.92. The summed E-state index contributed by atoms with van der Waals surface area (Å²) in [5.74, 6) is -0.0192. The summed E-state index contributed by atoms with van der Waals surface area (Å²) in [5, 5.41) is 6.42. The van der Waals surface area contributed by atoms with Gasteiger partial charge in [0.05, 0.1) is 11.3 Å². The average molecular weight is 289 g/mol. The summed E-state index contributed by atoms with van der Waals surface area (Å²) in [5.41, 5.74) is 2.73. The van der Waals surface area contributed by atoms with E-state index in [9.17, 15) is 4.79 Å². The third-order valence-electron chi connectivity index (χ3n) is 4.34. The number of hydrogen-bond acceptors (Lipinski definition) is 3. The van der Waals surface area contributed by atoms with Crippen LogP contribution in [0.5, 0.6) is 0 Å². The third kappa shape index (κ3) is 4.19. The monoisotopic (exact) mass is 289 g/mol. The molecule has 1 saturated carbocycles. The largest absolute Gasteiger partial charge is 0.384 e. The lowest BCUT2D eigenvalue weighted by molar-refractivity contribution is 0.0934. The number of carbonyl (C=O) groups excluding carboxylic acids is 1. The summed E-state index contributed by atoms with van der Waals surface area (Å²) in [6.07, 6.45) is 7.68. The molecule has 1 fully saturated rings. The lowest BCUT2D eigenvalue weighted by atomic mass is 9.89. The minimum absolute atomic E-state index is 0.0192. The predicted octanol–water partition coefficient (Wildman–Crippen LogP) is 3.52. The highest BCUT2D eigenvalue weighted by Crippen LogP contribution is 2.36. The summed E-state index contributed by atoms with van der Waals surface area (Å²) in [6, 6.07) is 1.95. The van der Waals surface area contributed by atoms with Gasteiger partial charge in [-0.25, -0.2) is 0 Å². The molecule has 1 aromatic rings. The number of hydrogen-bond donors (Lipinski definition) is 2. The van der Waals surface area contributed by atoms with Crippen LogP contribution in [0.1, 0.15) is 62.0 Å². The van der Waals surface area contributed by atoms with E-state index in [-0.39, 0.29) is 11.3 Å². The van der Waals surface area contributed by atoms with Crippen LogP contribution in [0.4, 0.5) is 5.69 Å². The summed E-state index contributed by atoms with van der Waals surface area (Å²) in [7, 11) is 0. The molecule has 0 atom stereocenters. The molecule has 1 aliphatic carbocycles. The maximum absolute atomic E-state index is 12.4. The molecular formula is C17H27N3O. The highest BCUT2D eigenvalue weighted by atomic mass is 16.1. The number of pyridine rings is 1. The maximum Gasteiger partial charge on any atom is 0.254 e. The average Bonchev–Trinajstić information content (AvgIpc) is 2.90. The highest BCUT2D eigenvalue weighted by molar-refractivity contribution is 5.99. The van der Waals surface area contributed by atoms with E-state index < -0.39 is 0 Å². The van der Waals surface area contributed by atoms with Crippen molar-refractivity contribution in [1.29, 1.82) is 0 Å². The van der Waals surface area contributed by atoms with Crippen LogP contribution in [0.25, 0.3) is 0 Å². The minimum Gasteiger partial charge on any atom is -0.384 e. The van der Waals surface area contributed by atoms with Crippen molar-refractivity contribution in [3.05, 3.63) is 23.5 Å². The number of carbonyl (C=O) groups is 1. The second-order valence-corrected chi connectivity index (χ2v) is 6.50. The van der Waals surface area contributed by atoms with Crippen LogP contribution < -0.4 is 10.6 Å². The van der Waals surface area contributed by atoms with Gasteiger partial charge < -0.3 is 10.6 Å². The summed E-state index contributed by atoms with van der Waals surface area (Å²) in [6.45, 7) is 7.94. The molecule has 0 unspecified atom stereocenters. The van der Waals surface area contributed by atoms with Crippen molar-refractivity contribution in [2.24, 2.45) is 5.41 Å². The summed E-state index contributed by atoms with van der Waals surface area (Å²) < 4.78 is 0. The molecule has 0 radical (unpaired) electrons. The molecule has 116 valence electrons. The molecule has 2 rings (SSSR count). The van der Waals surface area contributed by atoms with E-state index in [0.717, 1.165) is 30.9 Å². The lowest BCUT2D eigenvalue weighted by Gasteiger charge is -2.24. The van der Waals surface area contributed by atoms with Gasteiger partial charge in [0.1, 0.15) is 0 Å². The lowest BCUT2D eigenvalue weighted by Crippen LogP contribution is -2.34. The highest BCUT2D eigenvalue weighted by Gasteiger charge is 2.29. The molecule has 1 aliphatic rings. The standard InChI is InChI=1S/C17H27N3O/c1-4-9-18-15-10-13(2)19-11-14(15)16(21)20-12-17(3)7-5-6-8-17/h10-11H,4-9,12H2,1-3H3,(H,18,19)(H,20,21). The van der Waals surface area contributed by atoms with Crippen molar-refractivity contribution in [1.82, 2.24) is 10.3 Å². The zero-order valence-electron chi connectivity index (χ0n) is 13.5. The van der Waals surface area contributed by atoms with Gasteiger partial charge in [-0.2, -0.15) is 0 Å². The van der Waals surface area contributed by atoms with Gasteiger partial charge in [0.25, 0.3) is 5.91 Å². The Morgan fingerprint density at radius 2 is 2.10 bits per heavy atom. The van der Waals surface area contributed by atoms with E-state index in [1.54, 1.807) is 6.20 Å². The fraction of sp³-hybridized carbons (Fsp3) is 0.647. The molecule has 0 aromatic carbocycles. The first-order chi connectivity index (χ1) is 10.0. The Morgan fingerprint density at radius 3 is 2.76 bits per heavy atom. The molecule has 4 nitrogen and oxygen atoms in total. The SMILES string of the molecule is CCCNc1cc(C)ncc1C(=O)NCC1(C)CCCC1. The first-order valence-corrected chi connectivity index (χ1v) is 8.03. The minimum atomic E-state index is -0.0192. The number of nitrogens with zero attached hydrogens (tertiary/aromatic N) is 1. The van der Waals surface area contributed by atoms with E-state index in [2.05, 4.69) is 29.5 Å². The Kier molecular flexibility index (Phi) is 5.21. The van der Waals surface area contributed by atoms with E-state index in [1.807, 2.05) is 13.0 Å². The fourth-order valence-corrected chi connectivity index (χ4v) is 2.94. The Balaban J connectivity index is 2.03. The molecule has 1 aromatic heterocycles. The summed E-state index contributed by atoms with van der Waals surface area (Å²) >= 11 is 0. The quantitative estimate of drug-likeness (QED) is 0.842. The van der Waals surface area contributed by atoms with Crippen LogP contribution in [0.15, 0.2) is 12.3 Å². The normalized spacial score (nSPS) is 16.7. The number of amides is 1. The van der Waals surface area contributed by atoms with Crippen molar-refractivity contribution < 1.29 is 4.79 Å². The number of anilines is 1. The van der Waals surface area contributed by atoms with E-state index >= 15 is 0 Å². The van der Waals surface area contributed by atoms with Gasteiger partial charge >= 0.3 is 0 Å². The molecule has 0 bridgehead atoms. The van der Waals surface area contributed by atoms with Crippen LogP contribution in [0.3, 0.4) is 0 Å². The van der Waals surface area contributed by atoms with Gasteiger partial charge in [0.2, 0.25) is 0 Å². The van der Waals surface area contributed by atoms with Crippen LogP contribution in [-0.2, 0) is 0 Å². The van der Waals surface area contributed by atoms with Crippen LogP contribution in [0, 0.1) is 12.3 Å². The molecule has 4 heteroatoms. The number of aryl methyl sites for hydroxylation is 1. The molecule has 1 heterocycles. The van der Waals surface area contributed by atoms with E-state index in [4.69, 9.17) is 0 Å². The zero-order valence-corrected chi connectivity index (χ0v) is 13.5. The first-order valence-electron chi connectivity index (χ1n) is 8.03. The van der Waals surface area contributed by atoms with Crippen molar-refractivity contribution in [3.8, 4) is 0 Å². The van der Waals surface area contributed by atoms with E-state index in [0.29, 0.717) is 5.56 Å². The smallest absolute Gasteiger partial charge is 0.254 e. The number of nitrogens with one attached hydrogen (secondary N) is 2. The number of aromatic nitrogens is 1. The molecule has 1 amide bonds. The zero-order chi connectivity index (χ0) is 15.3. The van der Waals surface area contributed by atoms with Gasteiger partial charge in [-0.3, -0.25) is 9.78 Å². The maximum atomic E-state index is 12.4. The predicted molar refractivity (Wildman–Crippen MR) is 86.7 cm³/mol. The van der Waals surface area contributed by atoms with Gasteiger partial charge in [-0.1, -0.05) is 26.7 Å². The Morgan fingerprint density at radius 1 is 1.38 bits per heavy atom. The summed E-state index contributed by atoms with van der Waals surface area (Å²) in [4.78, 5) is 16.7. The topological polar surface area (TPSA) is 54.0 Å². The van der Waals surface area contributed by atoms with Gasteiger partial charge in [-0.15, -0.1) is 0 Å². The van der Waals surface area contributed by atoms with Crippen LogP contribution >= 0.6 is 0 Å². The van der Waals surface area contributed by atoms with Crippen molar-refractivity contribution in [2.75, 3.05) is 18.4 Å². The Bertz CT molecular complexity index is 493.